The second kappa shape index (κ2) is 4.86. The van der Waals surface area contributed by atoms with Crippen LogP contribution >= 0.6 is 0 Å². The molecule has 3 aromatic carbocycles. The summed E-state index contributed by atoms with van der Waals surface area (Å²) in [5.74, 6) is 0. The van der Waals surface area contributed by atoms with E-state index >= 15 is 0 Å². The van der Waals surface area contributed by atoms with Crippen LogP contribution < -0.4 is 10.9 Å². The fourth-order valence-electron chi connectivity index (χ4n) is 4.48. The van der Waals surface area contributed by atoms with Gasteiger partial charge in [0.25, 0.3) is 0 Å². The zero-order chi connectivity index (χ0) is 16.4. The Hall–Kier alpha value is -2.28. The first-order valence-electron chi connectivity index (χ1n) is 8.99. The third-order valence-electron chi connectivity index (χ3n) is 5.89. The van der Waals surface area contributed by atoms with Crippen LogP contribution in [-0.4, -0.2) is 6.71 Å². The summed E-state index contributed by atoms with van der Waals surface area (Å²) in [6.07, 6.45) is 4.77. The fourth-order valence-corrected chi connectivity index (χ4v) is 4.48. The Bertz CT molecular complexity index is 1040. The lowest BCUT2D eigenvalue weighted by Gasteiger charge is -2.17. The van der Waals surface area contributed by atoms with Gasteiger partial charge < -0.3 is 0 Å². The lowest BCUT2D eigenvalue weighted by atomic mass is 9.45. The molecule has 2 aliphatic rings. The van der Waals surface area contributed by atoms with E-state index in [1.165, 1.54) is 67.9 Å². The van der Waals surface area contributed by atoms with Crippen molar-refractivity contribution in [1.82, 2.24) is 0 Å². The lowest BCUT2D eigenvalue weighted by Crippen LogP contribution is -2.34. The van der Waals surface area contributed by atoms with Crippen LogP contribution in [0, 0.1) is 6.92 Å². The van der Waals surface area contributed by atoms with Crippen molar-refractivity contribution in [1.29, 1.82) is 0 Å². The van der Waals surface area contributed by atoms with Crippen molar-refractivity contribution < 1.29 is 0 Å². The molecular weight excluding hydrogens is 287 g/mol. The van der Waals surface area contributed by atoms with E-state index < -0.39 is 0 Å². The summed E-state index contributed by atoms with van der Waals surface area (Å²) in [6.45, 7) is 7.27. The molecular formula is C23H21B. The molecule has 0 spiro atoms. The highest BCUT2D eigenvalue weighted by atomic mass is 14.2. The minimum atomic E-state index is 0.487. The van der Waals surface area contributed by atoms with Crippen molar-refractivity contribution in [3.05, 3.63) is 64.7 Å². The lowest BCUT2D eigenvalue weighted by molar-refractivity contribution is 0.929. The number of hydrogen-bond acceptors (Lipinski definition) is 0. The molecule has 0 amide bonds. The summed E-state index contributed by atoms with van der Waals surface area (Å²) in [4.78, 5) is 0. The van der Waals surface area contributed by atoms with E-state index in [9.17, 15) is 0 Å². The molecule has 0 N–H and O–H groups in total. The van der Waals surface area contributed by atoms with Gasteiger partial charge in [-0.15, -0.1) is 0 Å². The average molecular weight is 308 g/mol. The number of aryl methyl sites for hydroxylation is 2. The molecule has 0 bridgehead atoms. The fraction of sp³-hybridized carbons (Fsp3) is 0.217. The van der Waals surface area contributed by atoms with Gasteiger partial charge in [0.15, 0.2) is 0 Å². The Morgan fingerprint density at radius 1 is 0.792 bits per heavy atom. The molecule has 0 radical (unpaired) electrons. The third-order valence-corrected chi connectivity index (χ3v) is 5.89. The molecule has 0 fully saturated rings. The minimum Gasteiger partial charge on any atom is -0.0774 e. The monoisotopic (exact) mass is 308 g/mol. The van der Waals surface area contributed by atoms with E-state index in [0.29, 0.717) is 6.71 Å². The maximum atomic E-state index is 2.47. The highest BCUT2D eigenvalue weighted by Gasteiger charge is 2.29. The summed E-state index contributed by atoms with van der Waals surface area (Å²) >= 11 is 0. The van der Waals surface area contributed by atoms with Crippen LogP contribution in [-0.2, 0) is 6.42 Å². The Kier molecular flexibility index (Phi) is 2.86. The van der Waals surface area contributed by atoms with E-state index in [-0.39, 0.29) is 0 Å². The molecule has 24 heavy (non-hydrogen) atoms. The largest absolute Gasteiger partial charge is 0.207 e. The molecule has 0 saturated heterocycles. The van der Waals surface area contributed by atoms with Gasteiger partial charge >= 0.3 is 0 Å². The van der Waals surface area contributed by atoms with Gasteiger partial charge in [0.1, 0.15) is 0 Å². The minimum absolute atomic E-state index is 0.487. The van der Waals surface area contributed by atoms with E-state index in [1.807, 2.05) is 0 Å². The Labute approximate surface area is 144 Å². The smallest absolute Gasteiger partial charge is 0.0774 e. The molecule has 3 aromatic rings. The van der Waals surface area contributed by atoms with E-state index in [0.717, 1.165) is 0 Å². The molecule has 116 valence electrons. The van der Waals surface area contributed by atoms with Crippen molar-refractivity contribution in [2.45, 2.75) is 33.5 Å². The molecule has 1 aliphatic carbocycles. The predicted octanol–water partition coefficient (Wildman–Crippen LogP) is 4.72. The maximum Gasteiger partial charge on any atom is 0.207 e. The first-order valence-corrected chi connectivity index (χ1v) is 8.99. The van der Waals surface area contributed by atoms with Crippen LogP contribution in [0.15, 0.2) is 48.0 Å². The van der Waals surface area contributed by atoms with Crippen molar-refractivity contribution >= 4 is 34.5 Å². The maximum absolute atomic E-state index is 2.47. The Morgan fingerprint density at radius 2 is 1.58 bits per heavy atom. The van der Waals surface area contributed by atoms with E-state index in [1.54, 1.807) is 0 Å². The number of hydrogen-bond donors (Lipinski definition) is 0. The van der Waals surface area contributed by atoms with Crippen LogP contribution in [0.25, 0.3) is 28.0 Å². The number of rotatable bonds is 0. The molecule has 0 nitrogen and oxygen atoms in total. The number of benzene rings is 3. The Balaban J connectivity index is 1.77. The second-order valence-electron chi connectivity index (χ2n) is 7.64. The SMILES string of the molecule is CB1c2cc3c(cc2-c2cc4ccc(C)cc4cc21)CCC(C)=C3. The molecule has 0 saturated carbocycles. The van der Waals surface area contributed by atoms with Crippen LogP contribution in [0.4, 0.5) is 0 Å². The van der Waals surface area contributed by atoms with Gasteiger partial charge in [0, 0.05) is 0 Å². The second-order valence-corrected chi connectivity index (χ2v) is 7.64. The summed E-state index contributed by atoms with van der Waals surface area (Å²) in [5, 5.41) is 2.72. The van der Waals surface area contributed by atoms with Crippen molar-refractivity contribution in [2.75, 3.05) is 0 Å². The number of fused-ring (bicyclic) bond motifs is 5. The summed E-state index contributed by atoms with van der Waals surface area (Å²) in [5.41, 5.74) is 11.7. The van der Waals surface area contributed by atoms with Crippen LogP contribution in [0.5, 0.6) is 0 Å². The van der Waals surface area contributed by atoms with Crippen LogP contribution in [0.1, 0.15) is 30.0 Å². The molecule has 0 unspecified atom stereocenters. The average Bonchev–Trinajstić information content (AvgIpc) is 2.83. The first kappa shape index (κ1) is 14.1. The molecule has 5 rings (SSSR count). The van der Waals surface area contributed by atoms with E-state index in [2.05, 4.69) is 69.2 Å². The van der Waals surface area contributed by atoms with Crippen LogP contribution in [0.3, 0.4) is 0 Å². The van der Waals surface area contributed by atoms with Gasteiger partial charge in [-0.2, -0.15) is 0 Å². The van der Waals surface area contributed by atoms with Gasteiger partial charge in [0.2, 0.25) is 6.71 Å². The zero-order valence-corrected chi connectivity index (χ0v) is 14.6. The number of allylic oxidation sites excluding steroid dienone is 1. The van der Waals surface area contributed by atoms with Crippen molar-refractivity contribution in [2.24, 2.45) is 0 Å². The van der Waals surface area contributed by atoms with Crippen molar-refractivity contribution in [3.8, 4) is 11.1 Å². The van der Waals surface area contributed by atoms with Gasteiger partial charge in [-0.25, -0.2) is 0 Å². The molecule has 0 aromatic heterocycles. The molecule has 1 heteroatoms. The molecule has 1 aliphatic heterocycles. The van der Waals surface area contributed by atoms with Gasteiger partial charge in [-0.1, -0.05) is 71.4 Å². The quantitative estimate of drug-likeness (QED) is 0.527. The predicted molar refractivity (Wildman–Crippen MR) is 107 cm³/mol. The summed E-state index contributed by atoms with van der Waals surface area (Å²) < 4.78 is 0. The highest BCUT2D eigenvalue weighted by Crippen LogP contribution is 2.32. The normalized spacial score (nSPS) is 15.1. The standard InChI is InChI=1S/C23H21B/c1-14-4-6-16-10-20-21-11-17-7-5-15(2)9-19(17)13-23(21)24(3)22(20)12-18(16)8-14/h4,6,8-13H,5,7H2,1-3H3. The first-order chi connectivity index (χ1) is 11.6. The van der Waals surface area contributed by atoms with Gasteiger partial charge in [-0.3, -0.25) is 0 Å². The molecule has 0 atom stereocenters. The zero-order valence-electron chi connectivity index (χ0n) is 14.6. The van der Waals surface area contributed by atoms with Gasteiger partial charge in [-0.05, 0) is 65.8 Å². The summed E-state index contributed by atoms with van der Waals surface area (Å²) in [7, 11) is 0. The van der Waals surface area contributed by atoms with E-state index in [4.69, 9.17) is 0 Å². The van der Waals surface area contributed by atoms with Gasteiger partial charge in [0.05, 0.1) is 0 Å². The Morgan fingerprint density at radius 3 is 2.46 bits per heavy atom. The van der Waals surface area contributed by atoms with Crippen molar-refractivity contribution in [3.63, 3.8) is 0 Å². The molecule has 1 heterocycles. The third kappa shape index (κ3) is 1.94. The summed E-state index contributed by atoms with van der Waals surface area (Å²) in [6, 6.07) is 16.5. The topological polar surface area (TPSA) is 0 Å². The highest BCUT2D eigenvalue weighted by molar-refractivity contribution is 6.88. The van der Waals surface area contributed by atoms with Crippen LogP contribution in [0.2, 0.25) is 6.82 Å².